The van der Waals surface area contributed by atoms with Crippen molar-refractivity contribution < 1.29 is 23.4 Å². The maximum Gasteiger partial charge on any atom is 0.254 e. The fraction of sp³-hybridized carbons (Fsp3) is 0.250. The van der Waals surface area contributed by atoms with Crippen molar-refractivity contribution in [3.63, 3.8) is 0 Å². The Hall–Kier alpha value is -3.15. The molecule has 0 saturated heterocycles. The Labute approximate surface area is 181 Å². The molecule has 164 valence electrons. The van der Waals surface area contributed by atoms with Crippen molar-refractivity contribution >= 4 is 33.9 Å². The topological polar surface area (TPSA) is 108 Å². The van der Waals surface area contributed by atoms with E-state index in [1.165, 1.54) is 11.3 Å². The largest absolute Gasteiger partial charge is 0.394 e. The third-order valence-corrected chi connectivity index (χ3v) is 4.89. The zero-order valence-corrected chi connectivity index (χ0v) is 17.2. The molecule has 8 nitrogen and oxygen atoms in total. The molecular formula is C20H21F2N5O3S. The van der Waals surface area contributed by atoms with Gasteiger partial charge in [-0.15, -0.1) is 0 Å². The lowest BCUT2D eigenvalue weighted by molar-refractivity contribution is 0.0835. The third kappa shape index (κ3) is 6.67. The number of aliphatic hydroxyl groups is 1. The fourth-order valence-corrected chi connectivity index (χ4v) is 3.29. The summed E-state index contributed by atoms with van der Waals surface area (Å²) in [5, 5.41) is 17.7. The van der Waals surface area contributed by atoms with Gasteiger partial charge in [0.25, 0.3) is 5.91 Å². The highest BCUT2D eigenvalue weighted by Gasteiger charge is 2.16. The molecule has 0 aliphatic heterocycles. The van der Waals surface area contributed by atoms with Crippen molar-refractivity contribution in [2.45, 2.75) is 6.54 Å². The number of rotatable bonds is 11. The molecular weight excluding hydrogens is 428 g/mol. The van der Waals surface area contributed by atoms with Crippen LogP contribution in [0, 0.1) is 11.6 Å². The predicted octanol–water partition coefficient (Wildman–Crippen LogP) is 2.91. The predicted molar refractivity (Wildman–Crippen MR) is 114 cm³/mol. The summed E-state index contributed by atoms with van der Waals surface area (Å²) < 4.78 is 33.3. The number of aromatic nitrogens is 2. The number of aliphatic hydroxyl groups excluding tert-OH is 1. The van der Waals surface area contributed by atoms with Gasteiger partial charge < -0.3 is 25.8 Å². The lowest BCUT2D eigenvalue weighted by Gasteiger charge is -2.11. The molecule has 31 heavy (non-hydrogen) atoms. The van der Waals surface area contributed by atoms with Gasteiger partial charge in [-0.1, -0.05) is 17.4 Å². The summed E-state index contributed by atoms with van der Waals surface area (Å²) in [4.78, 5) is 21.4. The number of carbonyl (C=O) groups excluding carboxylic acids is 1. The van der Waals surface area contributed by atoms with Crippen LogP contribution in [0.5, 0.6) is 0 Å². The summed E-state index contributed by atoms with van der Waals surface area (Å²) in [5.41, 5.74) is -0.288. The third-order valence-electron chi connectivity index (χ3n) is 3.98. The number of hydrogen-bond acceptors (Lipinski definition) is 8. The Kier molecular flexibility index (Phi) is 8.21. The molecule has 11 heteroatoms. The van der Waals surface area contributed by atoms with Gasteiger partial charge in [0.15, 0.2) is 5.13 Å². The number of pyridine rings is 1. The van der Waals surface area contributed by atoms with Gasteiger partial charge in [-0.2, -0.15) is 0 Å². The van der Waals surface area contributed by atoms with E-state index in [0.717, 1.165) is 10.9 Å². The molecule has 0 atom stereocenters. The quantitative estimate of drug-likeness (QED) is 0.333. The van der Waals surface area contributed by atoms with Gasteiger partial charge in [0.2, 0.25) is 0 Å². The first-order valence-corrected chi connectivity index (χ1v) is 10.2. The summed E-state index contributed by atoms with van der Waals surface area (Å²) in [6.45, 7) is 0.549. The number of nitrogens with zero attached hydrogens (tertiary/aromatic N) is 2. The first kappa shape index (κ1) is 22.5. The maximum absolute atomic E-state index is 14.2. The van der Waals surface area contributed by atoms with Crippen LogP contribution in [0.1, 0.15) is 15.2 Å². The minimum atomic E-state index is -0.962. The molecule has 3 aromatic rings. The van der Waals surface area contributed by atoms with Crippen molar-refractivity contribution in [1.29, 1.82) is 0 Å². The van der Waals surface area contributed by atoms with Crippen LogP contribution in [0.3, 0.4) is 0 Å². The van der Waals surface area contributed by atoms with Crippen molar-refractivity contribution in [2.75, 3.05) is 37.0 Å². The molecule has 0 aliphatic carbocycles. The van der Waals surface area contributed by atoms with Gasteiger partial charge in [0, 0.05) is 29.9 Å². The Balaban J connectivity index is 1.59. The van der Waals surface area contributed by atoms with E-state index in [2.05, 4.69) is 25.9 Å². The number of anilines is 3. The van der Waals surface area contributed by atoms with Crippen LogP contribution in [0.4, 0.5) is 25.4 Å². The number of amides is 1. The van der Waals surface area contributed by atoms with Gasteiger partial charge in [-0.25, -0.2) is 18.7 Å². The smallest absolute Gasteiger partial charge is 0.254 e. The number of carbonyl (C=O) groups is 1. The first-order valence-electron chi connectivity index (χ1n) is 9.39. The van der Waals surface area contributed by atoms with Gasteiger partial charge in [-0.3, -0.25) is 4.79 Å². The van der Waals surface area contributed by atoms with E-state index in [0.29, 0.717) is 17.0 Å². The zero-order valence-electron chi connectivity index (χ0n) is 16.4. The average molecular weight is 449 g/mol. The summed E-state index contributed by atoms with van der Waals surface area (Å²) in [6.07, 6.45) is 3.29. The lowest BCUT2D eigenvalue weighted by atomic mass is 10.1. The molecule has 1 amide bonds. The normalized spacial score (nSPS) is 10.7. The average Bonchev–Trinajstić information content (AvgIpc) is 3.21. The highest BCUT2D eigenvalue weighted by Crippen LogP contribution is 2.24. The monoisotopic (exact) mass is 449 g/mol. The van der Waals surface area contributed by atoms with Crippen LogP contribution in [-0.4, -0.2) is 47.3 Å². The second kappa shape index (κ2) is 11.3. The van der Waals surface area contributed by atoms with E-state index in [4.69, 9.17) is 9.84 Å². The number of hydrogen-bond donors (Lipinski definition) is 4. The lowest BCUT2D eigenvalue weighted by Crippen LogP contribution is -2.28. The molecule has 0 unspecified atom stereocenters. The molecule has 0 bridgehead atoms. The number of thiazole rings is 1. The summed E-state index contributed by atoms with van der Waals surface area (Å²) in [7, 11) is 0. The number of nitrogens with one attached hydrogen (secondary N) is 3. The standard InChI is InChI=1S/C20H21F2N5O3S/c21-15-10-16(22)17(9-14(15)19(29)24-5-7-30-8-6-28)25-11-13-12-26-20(31-13)27-18-3-1-2-4-23-18/h1-4,9-10,12,25,28H,5-8,11H2,(H,24,29)(H,23,26,27). The van der Waals surface area contributed by atoms with E-state index in [-0.39, 0.29) is 44.2 Å². The first-order chi connectivity index (χ1) is 15.1. The Morgan fingerprint density at radius 2 is 2.03 bits per heavy atom. The van der Waals surface area contributed by atoms with Crippen molar-refractivity contribution in [3.05, 3.63) is 64.8 Å². The highest BCUT2D eigenvalue weighted by molar-refractivity contribution is 7.15. The molecule has 2 aromatic heterocycles. The van der Waals surface area contributed by atoms with Crippen LogP contribution < -0.4 is 16.0 Å². The maximum atomic E-state index is 14.2. The van der Waals surface area contributed by atoms with E-state index in [1.54, 1.807) is 24.5 Å². The Morgan fingerprint density at radius 3 is 2.81 bits per heavy atom. The number of ether oxygens (including phenoxy) is 1. The van der Waals surface area contributed by atoms with Crippen LogP contribution in [0.2, 0.25) is 0 Å². The fourth-order valence-electron chi connectivity index (χ4n) is 2.53. The van der Waals surface area contributed by atoms with Crippen molar-refractivity contribution in [3.8, 4) is 0 Å². The van der Waals surface area contributed by atoms with Gasteiger partial charge in [-0.05, 0) is 18.2 Å². The molecule has 0 fully saturated rings. The molecule has 0 aliphatic rings. The number of halogens is 2. The minimum absolute atomic E-state index is 0.00397. The summed E-state index contributed by atoms with van der Waals surface area (Å²) >= 11 is 1.35. The molecule has 0 radical (unpaired) electrons. The SMILES string of the molecule is O=C(NCCOCCO)c1cc(NCc2cnc(Nc3ccccn3)s2)c(F)cc1F. The minimum Gasteiger partial charge on any atom is -0.394 e. The van der Waals surface area contributed by atoms with Crippen LogP contribution >= 0.6 is 11.3 Å². The van der Waals surface area contributed by atoms with Crippen molar-refractivity contribution in [2.24, 2.45) is 0 Å². The molecule has 0 saturated carbocycles. The van der Waals surface area contributed by atoms with Gasteiger partial charge >= 0.3 is 0 Å². The molecule has 0 spiro atoms. The highest BCUT2D eigenvalue weighted by atomic mass is 32.1. The van der Waals surface area contributed by atoms with Crippen LogP contribution in [0.25, 0.3) is 0 Å². The molecule has 4 N–H and O–H groups in total. The van der Waals surface area contributed by atoms with E-state index < -0.39 is 17.5 Å². The summed E-state index contributed by atoms with van der Waals surface area (Å²) in [6, 6.07) is 7.25. The van der Waals surface area contributed by atoms with Gasteiger partial charge in [0.05, 0.1) is 37.6 Å². The number of benzene rings is 1. The van der Waals surface area contributed by atoms with E-state index in [1.807, 2.05) is 6.07 Å². The summed E-state index contributed by atoms with van der Waals surface area (Å²) in [5.74, 6) is -1.81. The van der Waals surface area contributed by atoms with E-state index in [9.17, 15) is 13.6 Å². The Morgan fingerprint density at radius 1 is 1.16 bits per heavy atom. The zero-order chi connectivity index (χ0) is 22.1. The van der Waals surface area contributed by atoms with E-state index >= 15 is 0 Å². The van der Waals surface area contributed by atoms with Gasteiger partial charge in [0.1, 0.15) is 17.5 Å². The Bertz CT molecular complexity index is 1000. The van der Waals surface area contributed by atoms with Crippen LogP contribution in [-0.2, 0) is 11.3 Å². The second-order valence-electron chi connectivity index (χ2n) is 6.23. The molecule has 1 aromatic carbocycles. The molecule has 3 rings (SSSR count). The van der Waals surface area contributed by atoms with Crippen LogP contribution in [0.15, 0.2) is 42.7 Å². The van der Waals surface area contributed by atoms with Crippen molar-refractivity contribution in [1.82, 2.24) is 15.3 Å². The molecule has 2 heterocycles. The second-order valence-corrected chi connectivity index (χ2v) is 7.34.